The van der Waals surface area contributed by atoms with E-state index in [1.807, 2.05) is 36.8 Å². The summed E-state index contributed by atoms with van der Waals surface area (Å²) in [7, 11) is 0. The highest BCUT2D eigenvalue weighted by molar-refractivity contribution is 5.75. The molecule has 4 aromatic rings. The van der Waals surface area contributed by atoms with Crippen molar-refractivity contribution in [3.8, 4) is 6.07 Å². The molecule has 0 bridgehead atoms. The number of H-pyrrole nitrogens is 1. The molecule has 0 radical (unpaired) electrons. The Morgan fingerprint density at radius 1 is 1.15 bits per heavy atom. The van der Waals surface area contributed by atoms with Crippen LogP contribution < -0.4 is 4.90 Å². The van der Waals surface area contributed by atoms with E-state index in [1.165, 1.54) is 0 Å². The number of unbranched alkanes of at least 4 members (excludes halogenated alkanes) is 1. The summed E-state index contributed by atoms with van der Waals surface area (Å²) in [4.78, 5) is 14.4. The number of aromatic nitrogens is 6. The van der Waals surface area contributed by atoms with Crippen molar-refractivity contribution in [1.82, 2.24) is 29.5 Å². The highest BCUT2D eigenvalue weighted by Gasteiger charge is 2.13. The van der Waals surface area contributed by atoms with Crippen LogP contribution >= 0.6 is 0 Å². The van der Waals surface area contributed by atoms with E-state index in [-0.39, 0.29) is 0 Å². The fourth-order valence-electron chi connectivity index (χ4n) is 3.20. The van der Waals surface area contributed by atoms with Gasteiger partial charge in [-0.3, -0.25) is 4.40 Å². The Morgan fingerprint density at radius 3 is 2.81 bits per heavy atom. The van der Waals surface area contributed by atoms with E-state index >= 15 is 0 Å². The van der Waals surface area contributed by atoms with Crippen LogP contribution in [0, 0.1) is 11.3 Å². The lowest BCUT2D eigenvalue weighted by Gasteiger charge is -2.22. The van der Waals surface area contributed by atoms with Crippen LogP contribution in [-0.2, 0) is 6.42 Å². The third-order valence-electron chi connectivity index (χ3n) is 4.61. The molecule has 0 aliphatic rings. The van der Waals surface area contributed by atoms with Crippen molar-refractivity contribution in [3.05, 3.63) is 48.3 Å². The molecule has 136 valence electrons. The lowest BCUT2D eigenvalue weighted by Crippen LogP contribution is -2.28. The number of nitrogens with one attached hydrogen (secondary N) is 1. The van der Waals surface area contributed by atoms with E-state index < -0.39 is 0 Å². The molecule has 0 unspecified atom stereocenters. The zero-order valence-corrected chi connectivity index (χ0v) is 15.1. The van der Waals surface area contributed by atoms with Crippen molar-refractivity contribution in [2.75, 3.05) is 18.0 Å². The smallest absolute Gasteiger partial charge is 0.163 e. The number of nitrogens with zero attached hydrogens (tertiary/aromatic N) is 7. The fourth-order valence-corrected chi connectivity index (χ4v) is 3.20. The van der Waals surface area contributed by atoms with E-state index in [2.05, 4.69) is 41.4 Å². The summed E-state index contributed by atoms with van der Waals surface area (Å²) < 4.78 is 2.14. The summed E-state index contributed by atoms with van der Waals surface area (Å²) >= 11 is 0. The van der Waals surface area contributed by atoms with Gasteiger partial charge in [-0.2, -0.15) is 5.26 Å². The van der Waals surface area contributed by atoms with Crippen molar-refractivity contribution >= 4 is 22.5 Å². The number of hydrogen-bond donors (Lipinski definition) is 1. The number of imidazole rings is 1. The van der Waals surface area contributed by atoms with Gasteiger partial charge in [0, 0.05) is 25.7 Å². The molecule has 0 spiro atoms. The SMILES string of the molecule is CCCCN(CCc1ncc2cnc3[nH]ccc3n12)c1ccc(C#N)nn1. The molecular formula is C19H20N8. The predicted molar refractivity (Wildman–Crippen MR) is 102 cm³/mol. The lowest BCUT2D eigenvalue weighted by molar-refractivity contribution is 0.687. The van der Waals surface area contributed by atoms with Crippen molar-refractivity contribution in [2.24, 2.45) is 0 Å². The Hall–Kier alpha value is -3.47. The molecule has 0 aromatic carbocycles. The molecule has 0 aliphatic heterocycles. The van der Waals surface area contributed by atoms with Crippen LogP contribution in [0.15, 0.2) is 36.8 Å². The van der Waals surface area contributed by atoms with Gasteiger partial charge in [-0.15, -0.1) is 10.2 Å². The molecule has 4 aromatic heterocycles. The Labute approximate surface area is 156 Å². The average Bonchev–Trinajstić information content (AvgIpc) is 3.34. The Balaban J connectivity index is 1.59. The minimum absolute atomic E-state index is 0.329. The van der Waals surface area contributed by atoms with E-state index in [9.17, 15) is 0 Å². The van der Waals surface area contributed by atoms with Crippen LogP contribution in [0.4, 0.5) is 5.82 Å². The first kappa shape index (κ1) is 17.0. The summed E-state index contributed by atoms with van der Waals surface area (Å²) in [6.45, 7) is 3.83. The number of fused-ring (bicyclic) bond motifs is 3. The monoisotopic (exact) mass is 360 g/mol. The van der Waals surface area contributed by atoms with E-state index in [0.717, 1.165) is 60.7 Å². The molecule has 0 fully saturated rings. The molecule has 8 nitrogen and oxygen atoms in total. The summed E-state index contributed by atoms with van der Waals surface area (Å²) in [6, 6.07) is 7.60. The number of nitriles is 1. The normalized spacial score (nSPS) is 11.1. The topological polar surface area (TPSA) is 98.8 Å². The minimum Gasteiger partial charge on any atom is -0.355 e. The molecule has 4 heterocycles. The largest absolute Gasteiger partial charge is 0.355 e. The summed E-state index contributed by atoms with van der Waals surface area (Å²) in [5.74, 6) is 1.77. The zero-order chi connectivity index (χ0) is 18.6. The molecule has 0 saturated heterocycles. The third-order valence-corrected chi connectivity index (χ3v) is 4.61. The van der Waals surface area contributed by atoms with Gasteiger partial charge in [-0.1, -0.05) is 13.3 Å². The second kappa shape index (κ2) is 7.41. The minimum atomic E-state index is 0.329. The molecular weight excluding hydrogens is 340 g/mol. The average molecular weight is 360 g/mol. The summed E-state index contributed by atoms with van der Waals surface area (Å²) in [6.07, 6.45) is 8.51. The van der Waals surface area contributed by atoms with Crippen LogP contribution in [0.2, 0.25) is 0 Å². The van der Waals surface area contributed by atoms with Crippen LogP contribution in [-0.4, -0.2) is 42.6 Å². The van der Waals surface area contributed by atoms with Crippen LogP contribution in [0.25, 0.3) is 16.7 Å². The maximum absolute atomic E-state index is 8.92. The highest BCUT2D eigenvalue weighted by Crippen LogP contribution is 2.17. The van der Waals surface area contributed by atoms with Gasteiger partial charge in [0.1, 0.15) is 11.9 Å². The standard InChI is InChI=1S/C19H20N8/c1-2-3-9-26(18-5-4-14(11-20)24-25-18)10-7-17-22-12-15-13-23-19-16(27(15)17)6-8-21-19/h4-6,8,12-13,21H,2-3,7,9-10H2,1H3. The van der Waals surface area contributed by atoms with Crippen LogP contribution in [0.5, 0.6) is 0 Å². The Morgan fingerprint density at radius 2 is 2.04 bits per heavy atom. The van der Waals surface area contributed by atoms with Gasteiger partial charge in [0.15, 0.2) is 17.2 Å². The van der Waals surface area contributed by atoms with Crippen LogP contribution in [0.1, 0.15) is 31.3 Å². The van der Waals surface area contributed by atoms with Gasteiger partial charge in [0.25, 0.3) is 0 Å². The molecule has 8 heteroatoms. The molecule has 27 heavy (non-hydrogen) atoms. The maximum Gasteiger partial charge on any atom is 0.163 e. The van der Waals surface area contributed by atoms with Crippen LogP contribution in [0.3, 0.4) is 0 Å². The first-order valence-corrected chi connectivity index (χ1v) is 9.07. The quantitative estimate of drug-likeness (QED) is 0.544. The summed E-state index contributed by atoms with van der Waals surface area (Å²) in [5.41, 5.74) is 3.19. The van der Waals surface area contributed by atoms with Gasteiger partial charge >= 0.3 is 0 Å². The first-order valence-electron chi connectivity index (χ1n) is 9.07. The van der Waals surface area contributed by atoms with Gasteiger partial charge in [0.2, 0.25) is 0 Å². The third kappa shape index (κ3) is 3.31. The number of hydrogen-bond acceptors (Lipinski definition) is 6. The molecule has 0 amide bonds. The molecule has 0 aliphatic carbocycles. The summed E-state index contributed by atoms with van der Waals surface area (Å²) in [5, 5.41) is 17.1. The van der Waals surface area contributed by atoms with E-state index in [4.69, 9.17) is 5.26 Å². The second-order valence-electron chi connectivity index (χ2n) is 6.38. The number of anilines is 1. The van der Waals surface area contributed by atoms with Gasteiger partial charge in [0.05, 0.1) is 23.4 Å². The maximum atomic E-state index is 8.92. The Kier molecular flexibility index (Phi) is 4.66. The Bertz CT molecular complexity index is 1090. The van der Waals surface area contributed by atoms with E-state index in [0.29, 0.717) is 5.69 Å². The molecule has 0 atom stereocenters. The zero-order valence-electron chi connectivity index (χ0n) is 15.1. The molecule has 0 saturated carbocycles. The predicted octanol–water partition coefficient (Wildman–Crippen LogP) is 2.72. The number of rotatable bonds is 7. The second-order valence-corrected chi connectivity index (χ2v) is 6.38. The van der Waals surface area contributed by atoms with Crippen molar-refractivity contribution in [2.45, 2.75) is 26.2 Å². The van der Waals surface area contributed by atoms with Crippen molar-refractivity contribution < 1.29 is 0 Å². The first-order chi connectivity index (χ1) is 13.3. The van der Waals surface area contributed by atoms with Gasteiger partial charge in [-0.05, 0) is 24.6 Å². The number of aromatic amines is 1. The van der Waals surface area contributed by atoms with Crippen molar-refractivity contribution in [3.63, 3.8) is 0 Å². The van der Waals surface area contributed by atoms with Gasteiger partial charge < -0.3 is 9.88 Å². The van der Waals surface area contributed by atoms with E-state index in [1.54, 1.807) is 6.07 Å². The lowest BCUT2D eigenvalue weighted by atomic mass is 10.2. The highest BCUT2D eigenvalue weighted by atomic mass is 15.3. The van der Waals surface area contributed by atoms with Gasteiger partial charge in [-0.25, -0.2) is 9.97 Å². The molecule has 4 rings (SSSR count). The fraction of sp³-hybridized carbons (Fsp3) is 0.316. The van der Waals surface area contributed by atoms with Crippen molar-refractivity contribution in [1.29, 1.82) is 5.26 Å². The molecule has 1 N–H and O–H groups in total.